The minimum absolute atomic E-state index is 0.0241. The number of nitrogens with one attached hydrogen (secondary N) is 2. The van der Waals surface area contributed by atoms with E-state index in [9.17, 15) is 18.0 Å². The zero-order chi connectivity index (χ0) is 19.5. The summed E-state index contributed by atoms with van der Waals surface area (Å²) in [6.45, 7) is 1.16. The molecule has 2 amide bonds. The van der Waals surface area contributed by atoms with E-state index in [1.165, 1.54) is 10.7 Å². The number of sulfonamides is 1. The first-order valence-corrected chi connectivity index (χ1v) is 11.8. The first-order valence-electron chi connectivity index (χ1n) is 9.92. The second-order valence-corrected chi connectivity index (χ2v) is 10.2. The molecule has 154 valence electrons. The lowest BCUT2D eigenvalue weighted by molar-refractivity contribution is -0.130. The molecule has 2 heterocycles. The molecule has 8 nitrogen and oxygen atoms in total. The summed E-state index contributed by atoms with van der Waals surface area (Å²) < 4.78 is 31.2. The smallest absolute Gasteiger partial charge is 0.244 e. The van der Waals surface area contributed by atoms with Crippen LogP contribution in [0.25, 0.3) is 0 Å². The minimum atomic E-state index is -3.49. The normalized spacial score (nSPS) is 27.7. The maximum Gasteiger partial charge on any atom is 0.244 e. The van der Waals surface area contributed by atoms with Crippen LogP contribution in [0, 0.1) is 5.92 Å². The van der Waals surface area contributed by atoms with Crippen molar-refractivity contribution < 1.29 is 22.7 Å². The summed E-state index contributed by atoms with van der Waals surface area (Å²) in [4.78, 5) is 25.3. The molecule has 9 heteroatoms. The lowest BCUT2D eigenvalue weighted by Crippen LogP contribution is -2.58. The van der Waals surface area contributed by atoms with E-state index in [0.29, 0.717) is 38.4 Å². The zero-order valence-corrected chi connectivity index (χ0v) is 16.9. The molecule has 27 heavy (non-hydrogen) atoms. The first-order chi connectivity index (χ1) is 12.8. The highest BCUT2D eigenvalue weighted by Gasteiger charge is 2.44. The third kappa shape index (κ3) is 5.42. The predicted molar refractivity (Wildman–Crippen MR) is 100 cm³/mol. The van der Waals surface area contributed by atoms with Crippen LogP contribution < -0.4 is 10.6 Å². The van der Waals surface area contributed by atoms with E-state index in [2.05, 4.69) is 10.6 Å². The summed E-state index contributed by atoms with van der Waals surface area (Å²) in [5.74, 6) is -0.112. The molecule has 2 saturated heterocycles. The van der Waals surface area contributed by atoms with Gasteiger partial charge in [-0.2, -0.15) is 4.31 Å². The second-order valence-electron chi connectivity index (χ2n) is 8.27. The van der Waals surface area contributed by atoms with E-state index in [-0.39, 0.29) is 24.9 Å². The Bertz CT molecular complexity index is 654. The highest BCUT2D eigenvalue weighted by atomic mass is 32.2. The van der Waals surface area contributed by atoms with Gasteiger partial charge < -0.3 is 15.4 Å². The van der Waals surface area contributed by atoms with Crippen LogP contribution in [0.2, 0.25) is 0 Å². The molecule has 0 aromatic heterocycles. The van der Waals surface area contributed by atoms with E-state index in [4.69, 9.17) is 4.74 Å². The number of amides is 2. The molecular formula is C18H31N3O5S. The number of carbonyl (C=O) groups is 2. The van der Waals surface area contributed by atoms with Gasteiger partial charge in [-0.05, 0) is 31.6 Å². The Kier molecular flexibility index (Phi) is 6.43. The van der Waals surface area contributed by atoms with Crippen molar-refractivity contribution in [1.82, 2.24) is 14.9 Å². The van der Waals surface area contributed by atoms with Crippen molar-refractivity contribution in [2.75, 3.05) is 32.6 Å². The van der Waals surface area contributed by atoms with Gasteiger partial charge in [0.05, 0.1) is 11.8 Å². The Morgan fingerprint density at radius 1 is 1.26 bits per heavy atom. The second kappa shape index (κ2) is 8.45. The van der Waals surface area contributed by atoms with E-state index in [0.717, 1.165) is 31.9 Å². The summed E-state index contributed by atoms with van der Waals surface area (Å²) in [6.07, 6.45) is 8.28. The molecule has 1 saturated carbocycles. The van der Waals surface area contributed by atoms with Crippen molar-refractivity contribution in [3.63, 3.8) is 0 Å². The van der Waals surface area contributed by atoms with Crippen molar-refractivity contribution >= 4 is 21.8 Å². The van der Waals surface area contributed by atoms with Crippen molar-refractivity contribution in [3.8, 4) is 0 Å². The molecule has 1 aliphatic carbocycles. The monoisotopic (exact) mass is 401 g/mol. The highest BCUT2D eigenvalue weighted by Crippen LogP contribution is 2.27. The lowest BCUT2D eigenvalue weighted by atomic mass is 9.87. The Labute approximate surface area is 161 Å². The van der Waals surface area contributed by atoms with Crippen molar-refractivity contribution in [2.45, 2.75) is 62.9 Å². The number of ether oxygens (including phenoxy) is 1. The molecule has 2 N–H and O–H groups in total. The summed E-state index contributed by atoms with van der Waals surface area (Å²) in [7, 11) is -3.49. The number of hydrogen-bond acceptors (Lipinski definition) is 5. The van der Waals surface area contributed by atoms with Gasteiger partial charge in [-0.15, -0.1) is 0 Å². The Morgan fingerprint density at radius 3 is 2.56 bits per heavy atom. The summed E-state index contributed by atoms with van der Waals surface area (Å²) in [5, 5.41) is 5.81. The quantitative estimate of drug-likeness (QED) is 0.709. The summed E-state index contributed by atoms with van der Waals surface area (Å²) in [6, 6.07) is -0.863. The zero-order valence-electron chi connectivity index (χ0n) is 16.0. The van der Waals surface area contributed by atoms with Crippen LogP contribution >= 0.6 is 0 Å². The van der Waals surface area contributed by atoms with Crippen LogP contribution in [0.5, 0.6) is 0 Å². The summed E-state index contributed by atoms with van der Waals surface area (Å²) >= 11 is 0. The number of hydrogen-bond donors (Lipinski definition) is 2. The molecule has 1 spiro atoms. The van der Waals surface area contributed by atoms with Crippen molar-refractivity contribution in [1.29, 1.82) is 0 Å². The van der Waals surface area contributed by atoms with Crippen molar-refractivity contribution in [2.24, 2.45) is 5.92 Å². The third-order valence-electron chi connectivity index (χ3n) is 6.02. The van der Waals surface area contributed by atoms with Gasteiger partial charge in [0, 0.05) is 32.7 Å². The van der Waals surface area contributed by atoms with Gasteiger partial charge in [-0.1, -0.05) is 19.3 Å². The number of rotatable bonds is 4. The molecule has 1 unspecified atom stereocenters. The molecule has 0 bridgehead atoms. The first kappa shape index (κ1) is 20.5. The molecular weight excluding hydrogens is 370 g/mol. The van der Waals surface area contributed by atoms with Gasteiger partial charge in [-0.3, -0.25) is 9.59 Å². The van der Waals surface area contributed by atoms with E-state index in [1.807, 2.05) is 0 Å². The van der Waals surface area contributed by atoms with Crippen LogP contribution in [0.3, 0.4) is 0 Å². The molecule has 0 aromatic carbocycles. The minimum Gasteiger partial charge on any atom is -0.381 e. The fourth-order valence-corrected chi connectivity index (χ4v) is 5.29. The lowest BCUT2D eigenvalue weighted by Gasteiger charge is -2.38. The van der Waals surface area contributed by atoms with Crippen molar-refractivity contribution in [3.05, 3.63) is 0 Å². The third-order valence-corrected chi connectivity index (χ3v) is 7.24. The van der Waals surface area contributed by atoms with Crippen LogP contribution in [-0.2, 0) is 24.3 Å². The van der Waals surface area contributed by atoms with Gasteiger partial charge in [0.2, 0.25) is 21.8 Å². The fraction of sp³-hybridized carbons (Fsp3) is 0.889. The van der Waals surface area contributed by atoms with Crippen LogP contribution in [0.4, 0.5) is 0 Å². The van der Waals surface area contributed by atoms with Gasteiger partial charge >= 0.3 is 0 Å². The SMILES string of the molecule is CS(=O)(=O)N1CC(NC(=O)CC2CCCCC2)C(=O)NC2(CCOCC2)C1. The average Bonchev–Trinajstić information content (AvgIpc) is 2.73. The molecule has 3 fully saturated rings. The van der Waals surface area contributed by atoms with Crippen LogP contribution in [0.15, 0.2) is 0 Å². The maximum absolute atomic E-state index is 12.8. The molecule has 3 aliphatic rings. The Balaban J connectivity index is 1.70. The summed E-state index contributed by atoms with van der Waals surface area (Å²) in [5.41, 5.74) is -0.624. The van der Waals surface area contributed by atoms with Crippen LogP contribution in [-0.4, -0.2) is 68.7 Å². The molecule has 1 atom stereocenters. The number of carbonyl (C=O) groups excluding carboxylic acids is 2. The predicted octanol–water partition coefficient (Wildman–Crippen LogP) is 0.382. The molecule has 0 aromatic rings. The fourth-order valence-electron chi connectivity index (χ4n) is 4.39. The number of nitrogens with zero attached hydrogens (tertiary/aromatic N) is 1. The van der Waals surface area contributed by atoms with Gasteiger partial charge in [0.15, 0.2) is 0 Å². The largest absolute Gasteiger partial charge is 0.381 e. The van der Waals surface area contributed by atoms with E-state index >= 15 is 0 Å². The van der Waals surface area contributed by atoms with Gasteiger partial charge in [-0.25, -0.2) is 8.42 Å². The Hall–Kier alpha value is -1.19. The van der Waals surface area contributed by atoms with E-state index in [1.54, 1.807) is 0 Å². The molecule has 0 radical (unpaired) electrons. The van der Waals surface area contributed by atoms with Gasteiger partial charge in [0.1, 0.15) is 6.04 Å². The van der Waals surface area contributed by atoms with Crippen LogP contribution in [0.1, 0.15) is 51.4 Å². The maximum atomic E-state index is 12.8. The van der Waals surface area contributed by atoms with E-state index < -0.39 is 21.6 Å². The molecule has 2 aliphatic heterocycles. The standard InChI is InChI=1S/C18H31N3O5S/c1-27(24,25)21-12-15(19-16(22)11-14-5-3-2-4-6-14)17(23)20-18(13-21)7-9-26-10-8-18/h14-15H,2-13H2,1H3,(H,19,22)(H,20,23). The molecule has 3 rings (SSSR count). The van der Waals surface area contributed by atoms with Gasteiger partial charge in [0.25, 0.3) is 0 Å². The Morgan fingerprint density at radius 2 is 1.93 bits per heavy atom. The topological polar surface area (TPSA) is 105 Å². The highest BCUT2D eigenvalue weighted by molar-refractivity contribution is 7.88. The average molecular weight is 402 g/mol.